The van der Waals surface area contributed by atoms with E-state index in [1.165, 1.54) is 6.42 Å². The molecule has 2 N–H and O–H groups in total. The molecule has 0 spiro atoms. The van der Waals surface area contributed by atoms with E-state index in [2.05, 4.69) is 0 Å². The largest absolute Gasteiger partial charge is 0.326 e. The highest BCUT2D eigenvalue weighted by Gasteiger charge is 2.38. The maximum Gasteiger partial charge on any atom is 0.154 e. The number of rotatable bonds is 2. The lowest BCUT2D eigenvalue weighted by molar-refractivity contribution is 0.248. The molecule has 1 aliphatic carbocycles. The fourth-order valence-corrected chi connectivity index (χ4v) is 4.68. The summed E-state index contributed by atoms with van der Waals surface area (Å²) in [6, 6.07) is -0.0888. The second-order valence-electron chi connectivity index (χ2n) is 4.67. The highest BCUT2D eigenvalue weighted by molar-refractivity contribution is 7.92. The molecule has 2 unspecified atom stereocenters. The normalized spacial score (nSPS) is 34.8. The summed E-state index contributed by atoms with van der Waals surface area (Å²) in [5, 5.41) is -0.235. The van der Waals surface area contributed by atoms with Gasteiger partial charge < -0.3 is 5.73 Å². The molecule has 2 fully saturated rings. The Labute approximate surface area is 86.0 Å². The predicted octanol–water partition coefficient (Wildman–Crippen LogP) is 1.08. The van der Waals surface area contributed by atoms with Crippen LogP contribution >= 0.6 is 0 Å². The Morgan fingerprint density at radius 3 is 2.29 bits per heavy atom. The van der Waals surface area contributed by atoms with Crippen LogP contribution in [-0.4, -0.2) is 25.5 Å². The number of nitrogens with two attached hydrogens (primary N) is 1. The van der Waals surface area contributed by atoms with E-state index in [0.29, 0.717) is 11.7 Å². The summed E-state index contributed by atoms with van der Waals surface area (Å²) in [5.74, 6) is 0.839. The summed E-state index contributed by atoms with van der Waals surface area (Å²) in [7, 11) is -2.87. The van der Waals surface area contributed by atoms with Crippen LogP contribution in [-0.2, 0) is 9.84 Å². The van der Waals surface area contributed by atoms with E-state index < -0.39 is 9.84 Å². The Morgan fingerprint density at radius 1 is 1.07 bits per heavy atom. The average Bonchev–Trinajstić information content (AvgIpc) is 1.99. The fourth-order valence-electron chi connectivity index (χ4n) is 2.54. The van der Waals surface area contributed by atoms with E-state index in [1.807, 2.05) is 0 Å². The molecular weight excluding hydrogens is 198 g/mol. The van der Waals surface area contributed by atoms with Crippen LogP contribution in [0.1, 0.15) is 38.5 Å². The van der Waals surface area contributed by atoms with Gasteiger partial charge in [-0.1, -0.05) is 12.8 Å². The molecule has 0 aromatic carbocycles. The minimum atomic E-state index is -2.87. The van der Waals surface area contributed by atoms with Crippen molar-refractivity contribution in [2.45, 2.75) is 49.8 Å². The van der Waals surface area contributed by atoms with Crippen molar-refractivity contribution >= 4 is 9.84 Å². The van der Waals surface area contributed by atoms with Crippen LogP contribution in [0.2, 0.25) is 0 Å². The molecule has 0 aromatic heterocycles. The Bertz CT molecular complexity index is 295. The zero-order valence-corrected chi connectivity index (χ0v) is 9.30. The Balaban J connectivity index is 2.07. The third-order valence-corrected chi connectivity index (χ3v) is 6.08. The van der Waals surface area contributed by atoms with Gasteiger partial charge in [0.25, 0.3) is 0 Å². The Hall–Kier alpha value is -0.0900. The molecule has 0 bridgehead atoms. The van der Waals surface area contributed by atoms with Gasteiger partial charge in [0.05, 0.1) is 11.0 Å². The molecule has 0 aromatic rings. The maximum absolute atomic E-state index is 11.8. The molecule has 2 rings (SSSR count). The van der Waals surface area contributed by atoms with Crippen LogP contribution in [0, 0.1) is 5.92 Å². The summed E-state index contributed by atoms with van der Waals surface area (Å²) < 4.78 is 23.6. The Kier molecular flexibility index (Phi) is 2.84. The summed E-state index contributed by atoms with van der Waals surface area (Å²) in [6.45, 7) is 0. The third kappa shape index (κ3) is 1.82. The first-order valence-electron chi connectivity index (χ1n) is 5.58. The lowest BCUT2D eigenvalue weighted by Gasteiger charge is -2.37. The van der Waals surface area contributed by atoms with E-state index in [0.717, 1.165) is 32.1 Å². The topological polar surface area (TPSA) is 60.2 Å². The van der Waals surface area contributed by atoms with Gasteiger partial charge in [0, 0.05) is 6.04 Å². The molecule has 2 atom stereocenters. The monoisotopic (exact) mass is 217 g/mol. The van der Waals surface area contributed by atoms with Gasteiger partial charge in [0.1, 0.15) is 0 Å². The van der Waals surface area contributed by atoms with Crippen LogP contribution in [0.25, 0.3) is 0 Å². The fraction of sp³-hybridized carbons (Fsp3) is 1.00. The molecule has 3 nitrogen and oxygen atoms in total. The summed E-state index contributed by atoms with van der Waals surface area (Å²) in [4.78, 5) is 0. The quantitative estimate of drug-likeness (QED) is 0.753. The Morgan fingerprint density at radius 2 is 1.79 bits per heavy atom. The van der Waals surface area contributed by atoms with Gasteiger partial charge in [0.2, 0.25) is 0 Å². The molecular formula is C10H19NO2S. The molecule has 82 valence electrons. The van der Waals surface area contributed by atoms with Gasteiger partial charge in [-0.15, -0.1) is 0 Å². The molecule has 2 aliphatic rings. The highest BCUT2D eigenvalue weighted by Crippen LogP contribution is 2.34. The average molecular weight is 217 g/mol. The van der Waals surface area contributed by atoms with E-state index in [9.17, 15) is 8.42 Å². The van der Waals surface area contributed by atoms with Crippen LogP contribution < -0.4 is 5.73 Å². The van der Waals surface area contributed by atoms with Crippen molar-refractivity contribution in [1.82, 2.24) is 0 Å². The second-order valence-corrected chi connectivity index (χ2v) is 7.01. The minimum Gasteiger partial charge on any atom is -0.326 e. The zero-order chi connectivity index (χ0) is 10.2. The van der Waals surface area contributed by atoms with Gasteiger partial charge in [0.15, 0.2) is 9.84 Å². The van der Waals surface area contributed by atoms with Crippen molar-refractivity contribution in [2.24, 2.45) is 11.7 Å². The maximum atomic E-state index is 11.8. The van der Waals surface area contributed by atoms with Gasteiger partial charge in [-0.05, 0) is 31.6 Å². The number of hydrogen-bond donors (Lipinski definition) is 1. The summed E-state index contributed by atoms with van der Waals surface area (Å²) >= 11 is 0. The van der Waals surface area contributed by atoms with Crippen LogP contribution in [0.15, 0.2) is 0 Å². The molecule has 14 heavy (non-hydrogen) atoms. The zero-order valence-electron chi connectivity index (χ0n) is 8.48. The third-order valence-electron chi connectivity index (χ3n) is 3.75. The standard InChI is InChI=1S/C10H19NO2S/c11-10(8-4-3-5-8)9-6-1-2-7-14(9,12)13/h8-10H,1-7,11H2. The van der Waals surface area contributed by atoms with Crippen LogP contribution in [0.4, 0.5) is 0 Å². The van der Waals surface area contributed by atoms with E-state index in [-0.39, 0.29) is 11.3 Å². The van der Waals surface area contributed by atoms with Gasteiger partial charge in [-0.2, -0.15) is 0 Å². The molecule has 0 radical (unpaired) electrons. The van der Waals surface area contributed by atoms with Gasteiger partial charge >= 0.3 is 0 Å². The molecule has 1 aliphatic heterocycles. The van der Waals surface area contributed by atoms with Crippen molar-refractivity contribution in [3.63, 3.8) is 0 Å². The molecule has 4 heteroatoms. The van der Waals surface area contributed by atoms with Gasteiger partial charge in [-0.25, -0.2) is 8.42 Å². The SMILES string of the molecule is NC(C1CCC1)C1CCCCS1(=O)=O. The lowest BCUT2D eigenvalue weighted by atomic mass is 9.78. The first-order valence-corrected chi connectivity index (χ1v) is 7.30. The van der Waals surface area contributed by atoms with Crippen LogP contribution in [0.3, 0.4) is 0 Å². The number of sulfone groups is 1. The van der Waals surface area contributed by atoms with Crippen LogP contribution in [0.5, 0.6) is 0 Å². The van der Waals surface area contributed by atoms with E-state index in [1.54, 1.807) is 0 Å². The predicted molar refractivity (Wildman–Crippen MR) is 56.7 cm³/mol. The molecule has 0 amide bonds. The second kappa shape index (κ2) is 3.81. The molecule has 1 heterocycles. The van der Waals surface area contributed by atoms with E-state index >= 15 is 0 Å². The molecule has 1 saturated heterocycles. The first kappa shape index (κ1) is 10.4. The van der Waals surface area contributed by atoms with Crippen molar-refractivity contribution in [3.8, 4) is 0 Å². The summed E-state index contributed by atoms with van der Waals surface area (Å²) in [6.07, 6.45) is 6.14. The van der Waals surface area contributed by atoms with Gasteiger partial charge in [-0.3, -0.25) is 0 Å². The first-order chi connectivity index (χ1) is 6.61. The van der Waals surface area contributed by atoms with Crippen molar-refractivity contribution in [2.75, 3.05) is 5.75 Å². The summed E-state index contributed by atoms with van der Waals surface area (Å²) in [5.41, 5.74) is 6.05. The highest BCUT2D eigenvalue weighted by atomic mass is 32.2. The van der Waals surface area contributed by atoms with Crippen molar-refractivity contribution in [1.29, 1.82) is 0 Å². The molecule has 1 saturated carbocycles. The van der Waals surface area contributed by atoms with Crippen molar-refractivity contribution < 1.29 is 8.42 Å². The number of hydrogen-bond acceptors (Lipinski definition) is 3. The smallest absolute Gasteiger partial charge is 0.154 e. The lowest BCUT2D eigenvalue weighted by Crippen LogP contribution is -2.49. The minimum absolute atomic E-state index is 0.0888. The van der Waals surface area contributed by atoms with E-state index in [4.69, 9.17) is 5.73 Å². The van der Waals surface area contributed by atoms with Crippen molar-refractivity contribution in [3.05, 3.63) is 0 Å².